The molecule has 1 spiro atoms. The third-order valence-corrected chi connectivity index (χ3v) is 15.2. The number of para-hydroxylation sites is 3. The zero-order chi connectivity index (χ0) is 45.9. The highest BCUT2D eigenvalue weighted by atomic mass is 16.3. The van der Waals surface area contributed by atoms with Crippen molar-refractivity contribution in [1.82, 2.24) is 4.57 Å². The molecule has 0 saturated heterocycles. The summed E-state index contributed by atoms with van der Waals surface area (Å²) in [6.45, 7) is 0. The molecule has 70 heavy (non-hydrogen) atoms. The van der Waals surface area contributed by atoms with Gasteiger partial charge in [-0.1, -0.05) is 182 Å². The Bertz CT molecular complexity index is 4190. The quantitative estimate of drug-likeness (QED) is 0.166. The highest BCUT2D eigenvalue weighted by Gasteiger charge is 2.52. The van der Waals surface area contributed by atoms with Crippen LogP contribution >= 0.6 is 0 Å². The molecule has 15 rings (SSSR count). The largest absolute Gasteiger partial charge is 0.456 e. The maximum atomic E-state index is 6.22. The summed E-state index contributed by atoms with van der Waals surface area (Å²) in [5.41, 5.74) is 23.3. The molecule has 0 bridgehead atoms. The van der Waals surface area contributed by atoms with Crippen molar-refractivity contribution in [3.8, 4) is 50.2 Å². The lowest BCUT2D eigenvalue weighted by Crippen LogP contribution is -2.26. The maximum absolute atomic E-state index is 6.22. The Kier molecular flexibility index (Phi) is 8.28. The van der Waals surface area contributed by atoms with Gasteiger partial charge >= 0.3 is 0 Å². The molecule has 0 aliphatic heterocycles. The predicted octanol–water partition coefficient (Wildman–Crippen LogP) is 17.8. The molecule has 2 aliphatic carbocycles. The molecule has 3 heteroatoms. The van der Waals surface area contributed by atoms with Crippen LogP contribution in [0.5, 0.6) is 0 Å². The number of rotatable bonds is 6. The van der Waals surface area contributed by atoms with E-state index in [1.807, 2.05) is 12.1 Å². The summed E-state index contributed by atoms with van der Waals surface area (Å²) in [6.07, 6.45) is 0. The Morgan fingerprint density at radius 3 is 1.61 bits per heavy atom. The topological polar surface area (TPSA) is 21.3 Å². The van der Waals surface area contributed by atoms with Crippen LogP contribution in [0.25, 0.3) is 93.9 Å². The van der Waals surface area contributed by atoms with Gasteiger partial charge in [-0.2, -0.15) is 0 Å². The van der Waals surface area contributed by atoms with E-state index in [1.165, 1.54) is 77.4 Å². The molecule has 0 fully saturated rings. The highest BCUT2D eigenvalue weighted by molar-refractivity contribution is 6.16. The first-order valence-corrected chi connectivity index (χ1v) is 24.2. The number of furan rings is 1. The molecule has 0 atom stereocenters. The Labute approximate surface area is 405 Å². The molecule has 2 aromatic heterocycles. The predicted molar refractivity (Wildman–Crippen MR) is 290 cm³/mol. The van der Waals surface area contributed by atoms with Gasteiger partial charge in [-0.05, 0) is 134 Å². The molecule has 0 saturated carbocycles. The van der Waals surface area contributed by atoms with Crippen LogP contribution < -0.4 is 4.90 Å². The number of fused-ring (bicyclic) bond motifs is 16. The van der Waals surface area contributed by atoms with Crippen LogP contribution in [0.3, 0.4) is 0 Å². The van der Waals surface area contributed by atoms with Gasteiger partial charge in [-0.25, -0.2) is 0 Å². The van der Waals surface area contributed by atoms with Crippen LogP contribution in [-0.4, -0.2) is 4.57 Å². The lowest BCUT2D eigenvalue weighted by molar-refractivity contribution is 0.669. The molecule has 0 N–H and O–H groups in total. The van der Waals surface area contributed by atoms with Crippen molar-refractivity contribution in [2.75, 3.05) is 4.90 Å². The lowest BCUT2D eigenvalue weighted by atomic mass is 9.70. The third kappa shape index (κ3) is 5.40. The van der Waals surface area contributed by atoms with Gasteiger partial charge in [0.05, 0.1) is 22.1 Å². The summed E-state index contributed by atoms with van der Waals surface area (Å²) in [5.74, 6) is 0. The van der Waals surface area contributed by atoms with Crippen LogP contribution in [-0.2, 0) is 5.41 Å². The second kappa shape index (κ2) is 14.9. The number of nitrogens with zero attached hydrogens (tertiary/aromatic N) is 2. The van der Waals surface area contributed by atoms with E-state index in [4.69, 9.17) is 4.42 Å². The highest BCUT2D eigenvalue weighted by Crippen LogP contribution is 2.64. The summed E-state index contributed by atoms with van der Waals surface area (Å²) in [5, 5.41) is 4.75. The number of hydrogen-bond donors (Lipinski definition) is 0. The third-order valence-electron chi connectivity index (χ3n) is 15.2. The maximum Gasteiger partial charge on any atom is 0.135 e. The van der Waals surface area contributed by atoms with Gasteiger partial charge in [0, 0.05) is 44.2 Å². The van der Waals surface area contributed by atoms with Crippen molar-refractivity contribution < 1.29 is 4.42 Å². The fraction of sp³-hybridized carbons (Fsp3) is 0.0149. The van der Waals surface area contributed by atoms with Crippen molar-refractivity contribution in [3.63, 3.8) is 0 Å². The SMILES string of the molecule is c1ccc(-n2c3ccccc3c3c(-c4ccc(N(c5ccc(-c6ccc7oc8ccccc8c7c6)cc5)c5cccc6c5-c5ccccc5C65c6ccccc6-c6ccccc65)cc4)cccc32)cc1. The number of aromatic nitrogens is 1. The molecule has 0 amide bonds. The van der Waals surface area contributed by atoms with Gasteiger partial charge in [0.25, 0.3) is 0 Å². The first-order valence-electron chi connectivity index (χ1n) is 24.2. The molecule has 326 valence electrons. The standard InChI is InChI=1S/C67H42N2O/c1-2-16-46(17-3-1)69-60-28-12-7-22-54(60)65-49(23-14-29-61(65)69)44-34-39-48(40-35-44)68(47-37-32-43(33-38-47)45-36-41-64-55(42-45)52-20-8-13-31-63(52)70-64)62-30-15-27-59-66(62)53-21-6-11-26-58(53)67(59)56-24-9-4-18-50(56)51-19-5-10-25-57(51)67/h1-42H. The summed E-state index contributed by atoms with van der Waals surface area (Å²) in [4.78, 5) is 2.48. The Morgan fingerprint density at radius 2 is 0.871 bits per heavy atom. The Balaban J connectivity index is 0.925. The molecule has 2 heterocycles. The van der Waals surface area contributed by atoms with Crippen molar-refractivity contribution in [1.29, 1.82) is 0 Å². The van der Waals surface area contributed by atoms with Gasteiger partial charge in [-0.3, -0.25) is 0 Å². The summed E-state index contributed by atoms with van der Waals surface area (Å²) >= 11 is 0. The molecule has 13 aromatic rings. The van der Waals surface area contributed by atoms with E-state index in [1.54, 1.807) is 0 Å². The molecular weight excluding hydrogens is 849 g/mol. The van der Waals surface area contributed by atoms with E-state index >= 15 is 0 Å². The van der Waals surface area contributed by atoms with Crippen molar-refractivity contribution >= 4 is 60.8 Å². The zero-order valence-corrected chi connectivity index (χ0v) is 38.1. The van der Waals surface area contributed by atoms with Crippen molar-refractivity contribution in [2.24, 2.45) is 0 Å². The first-order chi connectivity index (χ1) is 34.7. The van der Waals surface area contributed by atoms with Gasteiger partial charge in [0.2, 0.25) is 0 Å². The van der Waals surface area contributed by atoms with Crippen molar-refractivity contribution in [2.45, 2.75) is 5.41 Å². The minimum Gasteiger partial charge on any atom is -0.456 e. The Morgan fingerprint density at radius 1 is 0.343 bits per heavy atom. The fourth-order valence-electron chi connectivity index (χ4n) is 12.4. The second-order valence-electron chi connectivity index (χ2n) is 18.7. The van der Waals surface area contributed by atoms with E-state index in [0.717, 1.165) is 55.8 Å². The van der Waals surface area contributed by atoms with E-state index in [9.17, 15) is 0 Å². The van der Waals surface area contributed by atoms with Gasteiger partial charge in [0.15, 0.2) is 0 Å². The lowest BCUT2D eigenvalue weighted by Gasteiger charge is -2.32. The Hall–Kier alpha value is -9.18. The van der Waals surface area contributed by atoms with Gasteiger partial charge in [-0.15, -0.1) is 0 Å². The molecule has 3 nitrogen and oxygen atoms in total. The van der Waals surface area contributed by atoms with Gasteiger partial charge < -0.3 is 13.9 Å². The van der Waals surface area contributed by atoms with E-state index in [2.05, 4.69) is 252 Å². The minimum atomic E-state index is -0.456. The number of hydrogen-bond acceptors (Lipinski definition) is 2. The second-order valence-corrected chi connectivity index (χ2v) is 18.7. The first kappa shape index (κ1) is 38.9. The number of benzene rings is 11. The average Bonchev–Trinajstić information content (AvgIpc) is 4.16. The average molecular weight is 891 g/mol. The summed E-state index contributed by atoms with van der Waals surface area (Å²) in [7, 11) is 0. The van der Waals surface area contributed by atoms with Crippen LogP contribution in [0.15, 0.2) is 259 Å². The van der Waals surface area contributed by atoms with Gasteiger partial charge in [0.1, 0.15) is 11.2 Å². The van der Waals surface area contributed by atoms with Crippen molar-refractivity contribution in [3.05, 3.63) is 277 Å². The smallest absolute Gasteiger partial charge is 0.135 e. The van der Waals surface area contributed by atoms with E-state index < -0.39 is 5.41 Å². The van der Waals surface area contributed by atoms with Crippen LogP contribution in [0.4, 0.5) is 17.1 Å². The summed E-state index contributed by atoms with van der Waals surface area (Å²) < 4.78 is 8.61. The van der Waals surface area contributed by atoms with E-state index in [-0.39, 0.29) is 0 Å². The summed E-state index contributed by atoms with van der Waals surface area (Å²) in [6, 6.07) is 93.6. The van der Waals surface area contributed by atoms with Crippen LogP contribution in [0.1, 0.15) is 22.3 Å². The number of anilines is 3. The van der Waals surface area contributed by atoms with Crippen LogP contribution in [0, 0.1) is 0 Å². The monoisotopic (exact) mass is 890 g/mol. The van der Waals surface area contributed by atoms with E-state index in [0.29, 0.717) is 0 Å². The molecule has 0 unspecified atom stereocenters. The fourth-order valence-corrected chi connectivity index (χ4v) is 12.4. The zero-order valence-electron chi connectivity index (χ0n) is 38.1. The molecule has 0 radical (unpaired) electrons. The minimum absolute atomic E-state index is 0.456. The molecular formula is C67H42N2O. The molecule has 11 aromatic carbocycles. The normalized spacial score (nSPS) is 13.0. The molecule has 2 aliphatic rings. The van der Waals surface area contributed by atoms with Crippen LogP contribution in [0.2, 0.25) is 0 Å².